The number of aryl methyl sites for hydroxylation is 1. The van der Waals surface area contributed by atoms with Gasteiger partial charge in [0.2, 0.25) is 11.8 Å². The lowest BCUT2D eigenvalue weighted by atomic mass is 10.3. The molecule has 1 atom stereocenters. The second-order valence-corrected chi connectivity index (χ2v) is 7.81. The summed E-state index contributed by atoms with van der Waals surface area (Å²) in [5, 5.41) is 0.580. The predicted molar refractivity (Wildman–Crippen MR) is 110 cm³/mol. The maximum atomic E-state index is 12.7. The van der Waals surface area contributed by atoms with Crippen molar-refractivity contribution in [3.63, 3.8) is 0 Å². The second-order valence-electron chi connectivity index (χ2n) is 7.38. The number of aromatic nitrogens is 1. The molecule has 1 unspecified atom stereocenters. The van der Waals surface area contributed by atoms with Gasteiger partial charge >= 0.3 is 6.03 Å². The van der Waals surface area contributed by atoms with Gasteiger partial charge < -0.3 is 14.5 Å². The fourth-order valence-corrected chi connectivity index (χ4v) is 3.81. The topological polar surface area (TPSA) is 66.0 Å². The summed E-state index contributed by atoms with van der Waals surface area (Å²) in [7, 11) is 0. The van der Waals surface area contributed by atoms with E-state index in [-0.39, 0.29) is 24.6 Å². The lowest BCUT2D eigenvalue weighted by Crippen LogP contribution is -2.42. The number of hydrogen-bond acceptors (Lipinski definition) is 4. The van der Waals surface area contributed by atoms with Crippen LogP contribution in [-0.4, -0.2) is 65.5 Å². The molecule has 1 aromatic heterocycles. The number of halogens is 1. The number of carbonyl (C=O) groups is 2. The maximum absolute atomic E-state index is 12.7. The van der Waals surface area contributed by atoms with E-state index >= 15 is 0 Å². The number of anilines is 1. The average molecular weight is 415 g/mol. The first-order valence-corrected chi connectivity index (χ1v) is 10.1. The van der Waals surface area contributed by atoms with Crippen LogP contribution < -0.4 is 9.64 Å². The number of pyridine rings is 1. The zero-order chi connectivity index (χ0) is 20.4. The smallest absolute Gasteiger partial charge is 0.325 e. The van der Waals surface area contributed by atoms with Crippen molar-refractivity contribution in [2.45, 2.75) is 19.4 Å². The number of urea groups is 1. The van der Waals surface area contributed by atoms with Crippen molar-refractivity contribution in [1.29, 1.82) is 0 Å². The van der Waals surface area contributed by atoms with Gasteiger partial charge in [0.15, 0.2) is 0 Å². The SMILES string of the molecule is Cc1ccc(OC2CCN(C(=O)CN3CCN(c4cccc(Cl)c4)C3=O)C2)nc1. The summed E-state index contributed by atoms with van der Waals surface area (Å²) < 4.78 is 5.88. The number of amides is 3. The van der Waals surface area contributed by atoms with Gasteiger partial charge in [-0.1, -0.05) is 23.7 Å². The molecule has 3 amide bonds. The van der Waals surface area contributed by atoms with Crippen molar-refractivity contribution >= 4 is 29.2 Å². The lowest BCUT2D eigenvalue weighted by Gasteiger charge is -2.22. The molecule has 0 bridgehead atoms. The van der Waals surface area contributed by atoms with E-state index in [1.165, 1.54) is 0 Å². The highest BCUT2D eigenvalue weighted by Crippen LogP contribution is 2.24. The minimum atomic E-state index is -0.170. The minimum absolute atomic E-state index is 0.0609. The molecule has 152 valence electrons. The van der Waals surface area contributed by atoms with Crippen molar-refractivity contribution < 1.29 is 14.3 Å². The first-order valence-electron chi connectivity index (χ1n) is 9.69. The predicted octanol–water partition coefficient (Wildman–Crippen LogP) is 2.97. The molecule has 2 aliphatic rings. The number of hydrogen-bond donors (Lipinski definition) is 0. The van der Waals surface area contributed by atoms with Crippen molar-refractivity contribution in [1.82, 2.24) is 14.8 Å². The van der Waals surface area contributed by atoms with Crippen molar-refractivity contribution in [3.8, 4) is 5.88 Å². The minimum Gasteiger partial charge on any atom is -0.472 e. The summed E-state index contributed by atoms with van der Waals surface area (Å²) in [5.41, 5.74) is 1.82. The van der Waals surface area contributed by atoms with Crippen LogP contribution in [0.4, 0.5) is 10.5 Å². The highest BCUT2D eigenvalue weighted by atomic mass is 35.5. The summed E-state index contributed by atoms with van der Waals surface area (Å²) in [4.78, 5) is 34.7. The number of likely N-dealkylation sites (tertiary alicyclic amines) is 1. The average Bonchev–Trinajstić information content (AvgIpc) is 3.31. The molecule has 7 nitrogen and oxygen atoms in total. The molecule has 0 spiro atoms. The van der Waals surface area contributed by atoms with Gasteiger partial charge in [0.1, 0.15) is 12.6 Å². The molecule has 8 heteroatoms. The summed E-state index contributed by atoms with van der Waals surface area (Å²) in [6.07, 6.45) is 2.44. The molecule has 4 rings (SSSR count). The molecule has 0 saturated carbocycles. The van der Waals surface area contributed by atoms with Gasteiger partial charge in [0.25, 0.3) is 0 Å². The van der Waals surface area contributed by atoms with E-state index in [1.54, 1.807) is 33.0 Å². The van der Waals surface area contributed by atoms with Gasteiger partial charge in [0.05, 0.1) is 6.54 Å². The van der Waals surface area contributed by atoms with Gasteiger partial charge in [-0.15, -0.1) is 0 Å². The zero-order valence-corrected chi connectivity index (χ0v) is 17.0. The molecule has 2 fully saturated rings. The molecule has 0 radical (unpaired) electrons. The van der Waals surface area contributed by atoms with Crippen LogP contribution >= 0.6 is 11.6 Å². The number of carbonyl (C=O) groups excluding carboxylic acids is 2. The quantitative estimate of drug-likeness (QED) is 0.754. The molecular formula is C21H23ClN4O3. The fourth-order valence-electron chi connectivity index (χ4n) is 3.62. The van der Waals surface area contributed by atoms with E-state index in [2.05, 4.69) is 4.98 Å². The zero-order valence-electron chi connectivity index (χ0n) is 16.3. The largest absolute Gasteiger partial charge is 0.472 e. The fraction of sp³-hybridized carbons (Fsp3) is 0.381. The summed E-state index contributed by atoms with van der Waals surface area (Å²) in [5.74, 6) is 0.510. The lowest BCUT2D eigenvalue weighted by molar-refractivity contribution is -0.130. The van der Waals surface area contributed by atoms with Crippen molar-refractivity contribution in [3.05, 3.63) is 53.2 Å². The first-order chi connectivity index (χ1) is 14.0. The highest BCUT2D eigenvalue weighted by Gasteiger charge is 2.34. The first kappa shape index (κ1) is 19.5. The number of benzene rings is 1. The van der Waals surface area contributed by atoms with Gasteiger partial charge in [-0.05, 0) is 30.7 Å². The Morgan fingerprint density at radius 2 is 2.10 bits per heavy atom. The maximum Gasteiger partial charge on any atom is 0.325 e. The molecule has 1 aromatic carbocycles. The highest BCUT2D eigenvalue weighted by molar-refractivity contribution is 6.30. The second kappa shape index (κ2) is 8.29. The van der Waals surface area contributed by atoms with E-state index < -0.39 is 0 Å². The Morgan fingerprint density at radius 1 is 1.24 bits per heavy atom. The van der Waals surface area contributed by atoms with E-state index in [0.29, 0.717) is 37.1 Å². The van der Waals surface area contributed by atoms with E-state index in [9.17, 15) is 9.59 Å². The summed E-state index contributed by atoms with van der Waals surface area (Å²) in [6.45, 7) is 4.23. The van der Waals surface area contributed by atoms with Crippen LogP contribution in [0.5, 0.6) is 5.88 Å². The molecule has 0 N–H and O–H groups in total. The summed E-state index contributed by atoms with van der Waals surface area (Å²) >= 11 is 6.03. The van der Waals surface area contributed by atoms with Crippen LogP contribution in [0.1, 0.15) is 12.0 Å². The third kappa shape index (κ3) is 4.45. The standard InChI is InChI=1S/C21H23ClN4O3/c1-15-5-6-19(23-12-15)29-18-7-8-24(13-18)20(27)14-25-9-10-26(21(25)28)17-4-2-3-16(22)11-17/h2-6,11-12,18H,7-10,13-14H2,1H3. The third-order valence-corrected chi connectivity index (χ3v) is 5.45. The Hall–Kier alpha value is -2.80. The molecule has 29 heavy (non-hydrogen) atoms. The Bertz CT molecular complexity index is 905. The Labute approximate surface area is 174 Å². The molecule has 3 heterocycles. The van der Waals surface area contributed by atoms with Gasteiger partial charge in [-0.2, -0.15) is 0 Å². The van der Waals surface area contributed by atoms with Crippen molar-refractivity contribution in [2.24, 2.45) is 0 Å². The normalized spacial score (nSPS) is 19.2. The molecule has 2 aliphatic heterocycles. The van der Waals surface area contributed by atoms with Crippen LogP contribution in [0.2, 0.25) is 5.02 Å². The summed E-state index contributed by atoms with van der Waals surface area (Å²) in [6, 6.07) is 10.8. The van der Waals surface area contributed by atoms with Crippen molar-refractivity contribution in [2.75, 3.05) is 37.6 Å². The number of ether oxygens (including phenoxy) is 1. The number of nitrogens with zero attached hydrogens (tertiary/aromatic N) is 4. The third-order valence-electron chi connectivity index (χ3n) is 5.21. The molecule has 2 aromatic rings. The van der Waals surface area contributed by atoms with Crippen LogP contribution in [-0.2, 0) is 4.79 Å². The van der Waals surface area contributed by atoms with Gasteiger partial charge in [0, 0.05) is 49.0 Å². The Kier molecular flexibility index (Phi) is 5.58. The van der Waals surface area contributed by atoms with Gasteiger partial charge in [-0.3, -0.25) is 9.69 Å². The Balaban J connectivity index is 1.30. The molecule has 0 aliphatic carbocycles. The number of rotatable bonds is 5. The van der Waals surface area contributed by atoms with Crippen LogP contribution in [0.15, 0.2) is 42.6 Å². The van der Waals surface area contributed by atoms with Crippen LogP contribution in [0.3, 0.4) is 0 Å². The van der Waals surface area contributed by atoms with E-state index in [1.807, 2.05) is 31.2 Å². The van der Waals surface area contributed by atoms with Gasteiger partial charge in [-0.25, -0.2) is 9.78 Å². The monoisotopic (exact) mass is 414 g/mol. The van der Waals surface area contributed by atoms with E-state index in [0.717, 1.165) is 17.7 Å². The van der Waals surface area contributed by atoms with Crippen LogP contribution in [0.25, 0.3) is 0 Å². The molecule has 2 saturated heterocycles. The van der Waals surface area contributed by atoms with E-state index in [4.69, 9.17) is 16.3 Å². The molecular weight excluding hydrogens is 392 g/mol. The Morgan fingerprint density at radius 3 is 2.86 bits per heavy atom. The van der Waals surface area contributed by atoms with Crippen LogP contribution in [0, 0.1) is 6.92 Å².